The molecule has 66 heavy (non-hydrogen) atoms. The van der Waals surface area contributed by atoms with E-state index in [1.807, 2.05) is 49.2 Å². The summed E-state index contributed by atoms with van der Waals surface area (Å²) < 4.78 is 77.4. The monoisotopic (exact) mass is 924 g/mol. The Hall–Kier alpha value is -8.14. The molecule has 4 aromatic carbocycles. The van der Waals surface area contributed by atoms with E-state index < -0.39 is 42.8 Å². The molecule has 4 N–H and O–H groups in total. The van der Waals surface area contributed by atoms with Crippen LogP contribution in [0.4, 0.5) is 36.2 Å². The van der Waals surface area contributed by atoms with Gasteiger partial charge in [-0.1, -0.05) is 24.3 Å². The van der Waals surface area contributed by atoms with Crippen molar-refractivity contribution in [2.24, 2.45) is 0 Å². The van der Waals surface area contributed by atoms with Gasteiger partial charge in [0.25, 0.3) is 0 Å². The van der Waals surface area contributed by atoms with E-state index in [1.54, 1.807) is 48.5 Å². The molecule has 0 fully saturated rings. The van der Waals surface area contributed by atoms with Crippen molar-refractivity contribution in [2.45, 2.75) is 50.9 Å². The van der Waals surface area contributed by atoms with Crippen LogP contribution < -0.4 is 20.9 Å². The Morgan fingerprint density at radius 3 is 1.42 bits per heavy atom. The lowest BCUT2D eigenvalue weighted by atomic mass is 10.1. The van der Waals surface area contributed by atoms with Crippen LogP contribution in [0, 0.1) is 20.2 Å². The molecule has 8 aromatic rings. The van der Waals surface area contributed by atoms with Crippen molar-refractivity contribution in [1.82, 2.24) is 29.1 Å². The van der Waals surface area contributed by atoms with Crippen molar-refractivity contribution in [3.05, 3.63) is 136 Å². The van der Waals surface area contributed by atoms with Crippen LogP contribution in [0.25, 0.3) is 44.3 Å². The second-order valence-electron chi connectivity index (χ2n) is 15.4. The summed E-state index contributed by atoms with van der Waals surface area (Å²) in [6.07, 6.45) is 2.99. The molecule has 0 saturated heterocycles. The van der Waals surface area contributed by atoms with Crippen LogP contribution in [-0.4, -0.2) is 53.6 Å². The van der Waals surface area contributed by atoms with Gasteiger partial charge in [0, 0.05) is 54.0 Å². The van der Waals surface area contributed by atoms with Gasteiger partial charge in [0.05, 0.1) is 31.1 Å². The van der Waals surface area contributed by atoms with Crippen LogP contribution in [-0.2, 0) is 16.0 Å². The molecular formula is C44H39F3N10O8S. The first kappa shape index (κ1) is 45.9. The van der Waals surface area contributed by atoms with Gasteiger partial charge < -0.3 is 30.1 Å². The number of sulfone groups is 1. The van der Waals surface area contributed by atoms with Gasteiger partial charge in [-0.25, -0.2) is 28.4 Å². The number of nitrogens with two attached hydrogens (primary N) is 2. The summed E-state index contributed by atoms with van der Waals surface area (Å²) in [6.45, 7) is 8.10. The molecular weight excluding hydrogens is 886 g/mol. The highest BCUT2D eigenvalue weighted by molar-refractivity contribution is 7.90. The molecule has 0 aliphatic rings. The lowest BCUT2D eigenvalue weighted by Crippen LogP contribution is -2.06. The second-order valence-corrected chi connectivity index (χ2v) is 17.4. The Balaban J connectivity index is 0.000000196. The van der Waals surface area contributed by atoms with Crippen molar-refractivity contribution >= 4 is 54.9 Å². The molecule has 18 nitrogen and oxygen atoms in total. The van der Waals surface area contributed by atoms with E-state index in [4.69, 9.17) is 20.9 Å². The zero-order chi connectivity index (χ0) is 47.8. The molecule has 22 heteroatoms. The maximum Gasteiger partial charge on any atom is 0.416 e. The summed E-state index contributed by atoms with van der Waals surface area (Å²) in [4.78, 5) is 37.9. The predicted molar refractivity (Wildman–Crippen MR) is 240 cm³/mol. The highest BCUT2D eigenvalue weighted by atomic mass is 32.2. The van der Waals surface area contributed by atoms with Gasteiger partial charge in [-0.15, -0.1) is 0 Å². The number of hydrogen-bond acceptors (Lipinski definition) is 14. The molecule has 0 amide bonds. The van der Waals surface area contributed by atoms with Gasteiger partial charge in [-0.2, -0.15) is 13.2 Å². The Morgan fingerprint density at radius 2 is 1.05 bits per heavy atom. The zero-order valence-corrected chi connectivity index (χ0v) is 36.4. The van der Waals surface area contributed by atoms with Crippen LogP contribution in [0.2, 0.25) is 0 Å². The van der Waals surface area contributed by atoms with Crippen LogP contribution in [0.3, 0.4) is 0 Å². The number of ether oxygens (including phenoxy) is 2. The Bertz CT molecular complexity index is 3270. The molecule has 0 saturated carbocycles. The van der Waals surface area contributed by atoms with E-state index in [0.29, 0.717) is 34.5 Å². The van der Waals surface area contributed by atoms with E-state index in [1.165, 1.54) is 24.8 Å². The van der Waals surface area contributed by atoms with Crippen LogP contribution in [0.1, 0.15) is 45.3 Å². The smallest absolute Gasteiger partial charge is 0.416 e. The molecule has 8 rings (SSSR count). The first-order chi connectivity index (χ1) is 31.1. The summed E-state index contributed by atoms with van der Waals surface area (Å²) in [5, 5.41) is 24.2. The minimum Gasteiger partial charge on any atom is -0.450 e. The number of halogens is 3. The maximum atomic E-state index is 12.9. The van der Waals surface area contributed by atoms with Gasteiger partial charge in [-0.05, 0) is 87.4 Å². The molecule has 4 aromatic heterocycles. The number of aromatic nitrogens is 6. The quantitative estimate of drug-likeness (QED) is 0.0904. The van der Waals surface area contributed by atoms with E-state index >= 15 is 0 Å². The van der Waals surface area contributed by atoms with E-state index in [2.05, 4.69) is 19.9 Å². The van der Waals surface area contributed by atoms with Crippen molar-refractivity contribution in [2.75, 3.05) is 17.7 Å². The SMILES string of the molecule is CC(C)n1cc(-c2ccc(Oc3ccc(C(F)(F)F)cc3[N+](=O)[O-])cc2)c2c(N)ncnc21.CC(C)n1cc(-c2ccc(Oc3ccc(S(C)(=O)=O)cc3[N+](=O)[O-])cc2)c2c(N)ncnc21. The summed E-state index contributed by atoms with van der Waals surface area (Å²) in [5.74, 6) is 0.916. The minimum atomic E-state index is -4.70. The molecule has 0 aliphatic carbocycles. The van der Waals surface area contributed by atoms with E-state index in [9.17, 15) is 41.8 Å². The lowest BCUT2D eigenvalue weighted by Gasteiger charge is -2.10. The highest BCUT2D eigenvalue weighted by Gasteiger charge is 2.33. The third-order valence-corrected chi connectivity index (χ3v) is 11.3. The molecule has 4 heterocycles. The number of hydrogen-bond donors (Lipinski definition) is 2. The number of fused-ring (bicyclic) bond motifs is 2. The fourth-order valence-corrected chi connectivity index (χ4v) is 7.62. The van der Waals surface area contributed by atoms with E-state index in [-0.39, 0.29) is 34.2 Å². The summed E-state index contributed by atoms with van der Waals surface area (Å²) in [5.41, 5.74) is 14.6. The van der Waals surface area contributed by atoms with Crippen molar-refractivity contribution in [3.63, 3.8) is 0 Å². The number of benzene rings is 4. The van der Waals surface area contributed by atoms with Gasteiger partial charge >= 0.3 is 17.6 Å². The molecule has 0 bridgehead atoms. The van der Waals surface area contributed by atoms with Gasteiger partial charge in [-0.3, -0.25) is 20.2 Å². The third-order valence-electron chi connectivity index (χ3n) is 10.2. The largest absolute Gasteiger partial charge is 0.450 e. The number of nitrogens with zero attached hydrogens (tertiary/aromatic N) is 8. The Kier molecular flexibility index (Phi) is 12.4. The average Bonchev–Trinajstić information content (AvgIpc) is 3.86. The molecule has 0 aliphatic heterocycles. The molecule has 0 atom stereocenters. The minimum absolute atomic E-state index is 0.0609. The van der Waals surface area contributed by atoms with Crippen LogP contribution in [0.15, 0.2) is 115 Å². The number of anilines is 2. The van der Waals surface area contributed by atoms with Gasteiger partial charge in [0.15, 0.2) is 9.84 Å². The van der Waals surface area contributed by atoms with Crippen molar-refractivity contribution in [3.8, 4) is 45.3 Å². The summed E-state index contributed by atoms with van der Waals surface area (Å²) in [7, 11) is -3.59. The van der Waals surface area contributed by atoms with E-state index in [0.717, 1.165) is 57.7 Å². The Morgan fingerprint density at radius 1 is 0.636 bits per heavy atom. The Labute approximate surface area is 373 Å². The third kappa shape index (κ3) is 9.38. The predicted octanol–water partition coefficient (Wildman–Crippen LogP) is 10.3. The fraction of sp³-hybridized carbons (Fsp3) is 0.182. The molecule has 0 unspecified atom stereocenters. The normalized spacial score (nSPS) is 11.8. The number of rotatable bonds is 11. The standard InChI is InChI=1S/C22H18F3N5O3.C22H21N5O5S/c1-12(2)29-10-16(19-20(26)27-11-28-21(19)29)13-3-6-15(7-4-13)33-18-8-5-14(22(23,24)25)9-17(18)30(31)32;1-13(2)26-11-17(20-21(23)24-12-25-22(20)26)14-4-6-15(7-5-14)32-19-9-8-16(33(3,30)31)10-18(19)27(28)29/h3-12H,1-2H3,(H2,26,27,28);4-13H,1-3H3,(H2,23,24,25). The first-order valence-corrected chi connectivity index (χ1v) is 21.6. The zero-order valence-electron chi connectivity index (χ0n) is 35.6. The molecule has 340 valence electrons. The van der Waals surface area contributed by atoms with Crippen LogP contribution >= 0.6 is 0 Å². The number of alkyl halides is 3. The molecule has 0 radical (unpaired) electrons. The van der Waals surface area contributed by atoms with Crippen molar-refractivity contribution < 1.29 is 40.9 Å². The van der Waals surface area contributed by atoms with Gasteiger partial charge in [0.2, 0.25) is 11.5 Å². The highest BCUT2D eigenvalue weighted by Crippen LogP contribution is 2.41. The second kappa shape index (κ2) is 17.8. The number of nitro groups is 2. The number of nitrogen functional groups attached to an aromatic ring is 2. The summed E-state index contributed by atoms with van der Waals surface area (Å²) >= 11 is 0. The van der Waals surface area contributed by atoms with Gasteiger partial charge in [0.1, 0.15) is 47.1 Å². The maximum absolute atomic E-state index is 12.9. The average molecular weight is 925 g/mol. The lowest BCUT2D eigenvalue weighted by molar-refractivity contribution is -0.386. The number of nitro benzene ring substituents is 2. The summed E-state index contributed by atoms with van der Waals surface area (Å²) in [6, 6.07) is 19.5. The first-order valence-electron chi connectivity index (χ1n) is 19.7. The van der Waals surface area contributed by atoms with Crippen molar-refractivity contribution in [1.29, 1.82) is 0 Å². The van der Waals surface area contributed by atoms with Crippen LogP contribution in [0.5, 0.6) is 23.0 Å². The topological polar surface area (TPSA) is 252 Å². The molecule has 0 spiro atoms. The fourth-order valence-electron chi connectivity index (χ4n) is 6.98.